The minimum absolute atomic E-state index is 0.126. The average Bonchev–Trinajstić information content (AvgIpc) is 3.47. The lowest BCUT2D eigenvalue weighted by Crippen LogP contribution is -2.47. The van der Waals surface area contributed by atoms with Crippen molar-refractivity contribution in [1.29, 1.82) is 0 Å². The van der Waals surface area contributed by atoms with Crippen LogP contribution in [0.3, 0.4) is 0 Å². The first-order valence-corrected chi connectivity index (χ1v) is 11.3. The predicted octanol–water partition coefficient (Wildman–Crippen LogP) is 3.16. The molecule has 0 radical (unpaired) electrons. The number of benzene rings is 1. The molecule has 3 heterocycles. The van der Waals surface area contributed by atoms with E-state index in [9.17, 15) is 4.79 Å². The molecule has 4 rings (SSSR count). The molecule has 7 nitrogen and oxygen atoms in total. The highest BCUT2D eigenvalue weighted by molar-refractivity contribution is 7.13. The summed E-state index contributed by atoms with van der Waals surface area (Å²) in [7, 11) is 3.13. The van der Waals surface area contributed by atoms with Gasteiger partial charge in [-0.05, 0) is 30.0 Å². The van der Waals surface area contributed by atoms with Crippen LogP contribution in [-0.2, 0) is 22.5 Å². The number of anilines is 1. The molecule has 8 heteroatoms. The van der Waals surface area contributed by atoms with Crippen molar-refractivity contribution in [2.24, 2.45) is 0 Å². The van der Waals surface area contributed by atoms with Crippen molar-refractivity contribution < 1.29 is 14.3 Å². The molecule has 1 aliphatic heterocycles. The Bertz CT molecular complexity index is 994. The standard InChI is InChI=1S/C23H28N4O3S/c1-29-20-7-4-3-6-19(20)26-13-11-25(12-14-26)10-9-18-16-24-27(17-22(28)30-2)23(18)21-8-5-15-31-21/h3-8,15-16H,9-14,17H2,1-2H3. The summed E-state index contributed by atoms with van der Waals surface area (Å²) >= 11 is 1.66. The van der Waals surface area contributed by atoms with E-state index in [0.29, 0.717) is 0 Å². The summed E-state index contributed by atoms with van der Waals surface area (Å²) in [5.41, 5.74) is 3.35. The number of aromatic nitrogens is 2. The van der Waals surface area contributed by atoms with Gasteiger partial charge < -0.3 is 14.4 Å². The Morgan fingerprint density at radius 3 is 2.61 bits per heavy atom. The van der Waals surface area contributed by atoms with Gasteiger partial charge in [-0.1, -0.05) is 18.2 Å². The normalized spacial score (nSPS) is 14.6. The van der Waals surface area contributed by atoms with Gasteiger partial charge in [0.25, 0.3) is 0 Å². The lowest BCUT2D eigenvalue weighted by molar-refractivity contribution is -0.141. The maximum atomic E-state index is 11.8. The van der Waals surface area contributed by atoms with E-state index in [1.165, 1.54) is 12.7 Å². The Kier molecular flexibility index (Phi) is 6.89. The first-order valence-electron chi connectivity index (χ1n) is 10.4. The van der Waals surface area contributed by atoms with Crippen LogP contribution in [0.2, 0.25) is 0 Å². The summed E-state index contributed by atoms with van der Waals surface area (Å²) in [5, 5.41) is 6.52. The van der Waals surface area contributed by atoms with Crippen molar-refractivity contribution in [1.82, 2.24) is 14.7 Å². The SMILES string of the molecule is COC(=O)Cn1ncc(CCN2CCN(c3ccccc3OC)CC2)c1-c1cccs1. The number of ether oxygens (including phenoxy) is 2. The molecule has 1 fully saturated rings. The fraction of sp³-hybridized carbons (Fsp3) is 0.391. The van der Waals surface area contributed by atoms with Crippen LogP contribution < -0.4 is 9.64 Å². The van der Waals surface area contributed by atoms with Gasteiger partial charge in [-0.15, -0.1) is 11.3 Å². The van der Waals surface area contributed by atoms with Gasteiger partial charge in [0.15, 0.2) is 0 Å². The largest absolute Gasteiger partial charge is 0.495 e. The Morgan fingerprint density at radius 1 is 1.10 bits per heavy atom. The molecule has 0 spiro atoms. The Labute approximate surface area is 186 Å². The number of nitrogens with zero attached hydrogens (tertiary/aromatic N) is 4. The van der Waals surface area contributed by atoms with E-state index in [4.69, 9.17) is 9.47 Å². The first-order chi connectivity index (χ1) is 15.2. The fourth-order valence-corrected chi connectivity index (χ4v) is 4.80. The maximum absolute atomic E-state index is 11.8. The van der Waals surface area contributed by atoms with E-state index in [1.54, 1.807) is 23.1 Å². The molecule has 0 saturated carbocycles. The van der Waals surface area contributed by atoms with Gasteiger partial charge in [-0.3, -0.25) is 14.4 Å². The van der Waals surface area contributed by atoms with Crippen LogP contribution >= 0.6 is 11.3 Å². The summed E-state index contributed by atoms with van der Waals surface area (Å²) < 4.78 is 12.1. The third-order valence-corrected chi connectivity index (χ3v) is 6.55. The van der Waals surface area contributed by atoms with Gasteiger partial charge in [0.1, 0.15) is 12.3 Å². The molecule has 31 heavy (non-hydrogen) atoms. The van der Waals surface area contributed by atoms with Crippen LogP contribution in [0.4, 0.5) is 5.69 Å². The molecule has 1 saturated heterocycles. The van der Waals surface area contributed by atoms with Gasteiger partial charge in [-0.25, -0.2) is 0 Å². The second-order valence-electron chi connectivity index (χ2n) is 7.48. The third-order valence-electron chi connectivity index (χ3n) is 5.67. The molecule has 1 aliphatic rings. The zero-order valence-corrected chi connectivity index (χ0v) is 18.8. The molecule has 0 atom stereocenters. The van der Waals surface area contributed by atoms with Gasteiger partial charge in [0.05, 0.1) is 36.7 Å². The second kappa shape index (κ2) is 9.98. The van der Waals surface area contributed by atoms with Crippen molar-refractivity contribution in [3.8, 4) is 16.3 Å². The van der Waals surface area contributed by atoms with Crippen LogP contribution in [0.15, 0.2) is 48.0 Å². The molecule has 2 aromatic heterocycles. The highest BCUT2D eigenvalue weighted by Gasteiger charge is 2.21. The van der Waals surface area contributed by atoms with E-state index in [1.807, 2.05) is 29.8 Å². The molecular formula is C23H28N4O3S. The minimum Gasteiger partial charge on any atom is -0.495 e. The molecule has 164 valence electrons. The van der Waals surface area contributed by atoms with E-state index < -0.39 is 0 Å². The molecule has 0 unspecified atom stereocenters. The highest BCUT2D eigenvalue weighted by Crippen LogP contribution is 2.30. The Balaban J connectivity index is 1.39. The molecular weight excluding hydrogens is 412 g/mol. The number of hydrogen-bond donors (Lipinski definition) is 0. The lowest BCUT2D eigenvalue weighted by Gasteiger charge is -2.36. The van der Waals surface area contributed by atoms with Gasteiger partial charge in [-0.2, -0.15) is 5.10 Å². The summed E-state index contributed by atoms with van der Waals surface area (Å²) in [6, 6.07) is 12.3. The predicted molar refractivity (Wildman–Crippen MR) is 123 cm³/mol. The van der Waals surface area contributed by atoms with Crippen molar-refractivity contribution >= 4 is 23.0 Å². The van der Waals surface area contributed by atoms with Crippen LogP contribution in [0.1, 0.15) is 5.56 Å². The summed E-state index contributed by atoms with van der Waals surface area (Å²) in [5.74, 6) is 0.634. The van der Waals surface area contributed by atoms with Crippen LogP contribution in [0, 0.1) is 0 Å². The first kappa shape index (κ1) is 21.4. The van der Waals surface area contributed by atoms with Gasteiger partial charge in [0.2, 0.25) is 0 Å². The highest BCUT2D eigenvalue weighted by atomic mass is 32.1. The van der Waals surface area contributed by atoms with E-state index >= 15 is 0 Å². The zero-order chi connectivity index (χ0) is 21.6. The third kappa shape index (κ3) is 4.91. The number of hydrogen-bond acceptors (Lipinski definition) is 7. The molecule has 0 N–H and O–H groups in total. The fourth-order valence-electron chi connectivity index (χ4n) is 3.99. The Morgan fingerprint density at radius 2 is 1.90 bits per heavy atom. The second-order valence-corrected chi connectivity index (χ2v) is 8.43. The molecule has 0 aliphatic carbocycles. The zero-order valence-electron chi connectivity index (χ0n) is 18.0. The average molecular weight is 441 g/mol. The summed E-state index contributed by atoms with van der Waals surface area (Å²) in [6.45, 7) is 5.04. The van der Waals surface area contributed by atoms with Crippen LogP contribution in [0.25, 0.3) is 10.6 Å². The number of para-hydroxylation sites is 2. The van der Waals surface area contributed by atoms with E-state index in [-0.39, 0.29) is 12.5 Å². The maximum Gasteiger partial charge on any atom is 0.327 e. The van der Waals surface area contributed by atoms with E-state index in [2.05, 4.69) is 33.1 Å². The molecule has 1 aromatic carbocycles. The number of rotatable bonds is 8. The van der Waals surface area contributed by atoms with Crippen molar-refractivity contribution in [3.05, 3.63) is 53.5 Å². The molecule has 0 amide bonds. The monoisotopic (exact) mass is 440 g/mol. The quantitative estimate of drug-likeness (QED) is 0.502. The van der Waals surface area contributed by atoms with Crippen LogP contribution in [0.5, 0.6) is 5.75 Å². The minimum atomic E-state index is -0.292. The van der Waals surface area contributed by atoms with Crippen molar-refractivity contribution in [2.45, 2.75) is 13.0 Å². The smallest absolute Gasteiger partial charge is 0.327 e. The van der Waals surface area contributed by atoms with Gasteiger partial charge in [0, 0.05) is 38.3 Å². The van der Waals surface area contributed by atoms with Crippen LogP contribution in [-0.4, -0.2) is 67.6 Å². The summed E-state index contributed by atoms with van der Waals surface area (Å²) in [6.07, 6.45) is 2.78. The molecule has 3 aromatic rings. The Hall–Kier alpha value is -2.84. The number of carbonyl (C=O) groups is 1. The number of thiophene rings is 1. The lowest BCUT2D eigenvalue weighted by atomic mass is 10.1. The molecule has 0 bridgehead atoms. The number of carbonyl (C=O) groups excluding carboxylic acids is 1. The number of esters is 1. The number of piperazine rings is 1. The number of methoxy groups -OCH3 is 2. The van der Waals surface area contributed by atoms with E-state index in [0.717, 1.165) is 61.2 Å². The van der Waals surface area contributed by atoms with Crippen molar-refractivity contribution in [3.63, 3.8) is 0 Å². The van der Waals surface area contributed by atoms with Crippen molar-refractivity contribution in [2.75, 3.05) is 51.8 Å². The van der Waals surface area contributed by atoms with Gasteiger partial charge >= 0.3 is 5.97 Å². The topological polar surface area (TPSA) is 59.8 Å². The summed E-state index contributed by atoms with van der Waals surface area (Å²) in [4.78, 5) is 17.8.